The second-order valence-electron chi connectivity index (χ2n) is 2.04. The largest absolute Gasteiger partial charge is 0.228 e. The predicted octanol–water partition coefficient (Wildman–Crippen LogP) is -0.205. The summed E-state index contributed by atoms with van der Waals surface area (Å²) in [5, 5.41) is 8.21. The zero-order valence-corrected chi connectivity index (χ0v) is 7.63. The summed E-state index contributed by atoms with van der Waals surface area (Å²) in [6, 6.07) is 1.58. The molecule has 0 aromatic heterocycles. The van der Waals surface area contributed by atoms with Crippen molar-refractivity contribution >= 4 is 10.0 Å². The molecule has 0 aromatic rings. The summed E-state index contributed by atoms with van der Waals surface area (Å²) in [4.78, 5) is 0. The number of hydrogen-bond acceptors (Lipinski definition) is 3. The summed E-state index contributed by atoms with van der Waals surface area (Å²) in [6.07, 6.45) is 4.96. The Morgan fingerprint density at radius 1 is 1.58 bits per heavy atom. The van der Waals surface area contributed by atoms with Crippen LogP contribution in [-0.4, -0.2) is 31.6 Å². The molecule has 0 amide bonds. The van der Waals surface area contributed by atoms with Crippen molar-refractivity contribution in [2.45, 2.75) is 6.92 Å². The maximum Gasteiger partial charge on any atom is 0.228 e. The molecule has 66 valence electrons. The molecule has 0 unspecified atom stereocenters. The Balaban J connectivity index is 4.54. The van der Waals surface area contributed by atoms with Crippen molar-refractivity contribution in [3.63, 3.8) is 0 Å². The predicted molar refractivity (Wildman–Crippen MR) is 45.5 cm³/mol. The second-order valence-corrected chi connectivity index (χ2v) is 4.01. The van der Waals surface area contributed by atoms with Crippen LogP contribution in [0.1, 0.15) is 6.92 Å². The Morgan fingerprint density at radius 2 is 2.17 bits per heavy atom. The number of hydrogen-bond donors (Lipinski definition) is 0. The normalized spacial score (nSPS) is 10.7. The molecule has 0 aromatic carbocycles. The minimum absolute atomic E-state index is 0.0283. The minimum Gasteiger partial charge on any atom is -0.211 e. The van der Waals surface area contributed by atoms with Crippen LogP contribution in [0.3, 0.4) is 0 Å². The van der Waals surface area contributed by atoms with Crippen molar-refractivity contribution in [2.24, 2.45) is 0 Å². The van der Waals surface area contributed by atoms with Crippen molar-refractivity contribution in [3.05, 3.63) is 0 Å². The first kappa shape index (κ1) is 11.0. The third-order valence-electron chi connectivity index (χ3n) is 1.26. The van der Waals surface area contributed by atoms with Gasteiger partial charge in [-0.05, 0) is 0 Å². The van der Waals surface area contributed by atoms with Crippen LogP contribution in [0, 0.1) is 23.7 Å². The molecule has 0 fully saturated rings. The summed E-state index contributed by atoms with van der Waals surface area (Å²) in [6.45, 7) is 2.00. The quantitative estimate of drug-likeness (QED) is 0.571. The monoisotopic (exact) mass is 186 g/mol. The average molecular weight is 186 g/mol. The Hall–Kier alpha value is -1.04. The summed E-state index contributed by atoms with van der Waals surface area (Å²) < 4.78 is 23.4. The first-order valence-electron chi connectivity index (χ1n) is 3.36. The van der Waals surface area contributed by atoms with Gasteiger partial charge in [-0.15, -0.1) is 6.42 Å². The molecule has 0 spiro atoms. The molecule has 5 heteroatoms. The van der Waals surface area contributed by atoms with Crippen LogP contribution in [0.5, 0.6) is 0 Å². The molecule has 0 bridgehead atoms. The second kappa shape index (κ2) is 4.76. The van der Waals surface area contributed by atoms with Crippen molar-refractivity contribution in [2.75, 3.05) is 18.8 Å². The number of sulfonamides is 1. The van der Waals surface area contributed by atoms with Crippen LogP contribution in [0.2, 0.25) is 0 Å². The average Bonchev–Trinajstić information content (AvgIpc) is 1.99. The zero-order valence-electron chi connectivity index (χ0n) is 6.82. The Labute approximate surface area is 72.8 Å². The van der Waals surface area contributed by atoms with Gasteiger partial charge in [-0.2, -0.15) is 9.57 Å². The smallest absolute Gasteiger partial charge is 0.211 e. The maximum absolute atomic E-state index is 11.2. The highest BCUT2D eigenvalue weighted by Crippen LogP contribution is 1.98. The highest BCUT2D eigenvalue weighted by Gasteiger charge is 2.18. The molecule has 0 aliphatic rings. The van der Waals surface area contributed by atoms with Gasteiger partial charge in [0.1, 0.15) is 0 Å². The van der Waals surface area contributed by atoms with Crippen molar-refractivity contribution in [1.29, 1.82) is 5.26 Å². The fraction of sp³-hybridized carbons (Fsp3) is 0.571. The van der Waals surface area contributed by atoms with Gasteiger partial charge in [-0.1, -0.05) is 12.8 Å². The molecular weight excluding hydrogens is 176 g/mol. The van der Waals surface area contributed by atoms with Gasteiger partial charge in [-0.3, -0.25) is 0 Å². The molecule has 4 nitrogen and oxygen atoms in total. The van der Waals surface area contributed by atoms with Crippen molar-refractivity contribution < 1.29 is 8.42 Å². The first-order valence-corrected chi connectivity index (χ1v) is 4.97. The Kier molecular flexibility index (Phi) is 4.35. The molecule has 0 atom stereocenters. The van der Waals surface area contributed by atoms with Gasteiger partial charge < -0.3 is 0 Å². The standard InChI is InChI=1S/C7H10N2O2S/c1-3-6-9(4-2)12(10,11)7-5-8/h1H,4,6-7H2,2H3. The summed E-state index contributed by atoms with van der Waals surface area (Å²) in [5.74, 6) is 1.71. The lowest BCUT2D eigenvalue weighted by Gasteiger charge is -2.14. The number of nitriles is 1. The molecule has 0 heterocycles. The fourth-order valence-corrected chi connectivity index (χ4v) is 1.69. The van der Waals surface area contributed by atoms with Crippen LogP contribution in [0.4, 0.5) is 0 Å². The highest BCUT2D eigenvalue weighted by molar-refractivity contribution is 7.89. The van der Waals surface area contributed by atoms with Crippen LogP contribution in [0.15, 0.2) is 0 Å². The van der Waals surface area contributed by atoms with E-state index in [9.17, 15) is 8.42 Å². The minimum atomic E-state index is -3.45. The molecule has 0 aliphatic carbocycles. The van der Waals surface area contributed by atoms with Crippen molar-refractivity contribution in [3.8, 4) is 18.4 Å². The van der Waals surface area contributed by atoms with E-state index in [1.807, 2.05) is 0 Å². The Morgan fingerprint density at radius 3 is 2.50 bits per heavy atom. The lowest BCUT2D eigenvalue weighted by atomic mass is 10.6. The number of nitrogens with zero attached hydrogens (tertiary/aromatic N) is 2. The third kappa shape index (κ3) is 2.91. The Bertz CT molecular complexity index is 307. The summed E-state index contributed by atoms with van der Waals surface area (Å²) in [5.41, 5.74) is 0. The topological polar surface area (TPSA) is 61.2 Å². The van der Waals surface area contributed by atoms with Gasteiger partial charge in [0.25, 0.3) is 0 Å². The fourth-order valence-electron chi connectivity index (χ4n) is 0.682. The van der Waals surface area contributed by atoms with Crippen LogP contribution >= 0.6 is 0 Å². The number of rotatable bonds is 4. The van der Waals surface area contributed by atoms with E-state index in [-0.39, 0.29) is 6.54 Å². The number of terminal acetylenes is 1. The first-order chi connectivity index (χ1) is 5.58. The maximum atomic E-state index is 11.2. The molecule has 0 radical (unpaired) electrons. The van der Waals surface area contributed by atoms with E-state index in [1.54, 1.807) is 13.0 Å². The molecule has 0 N–H and O–H groups in total. The van der Waals surface area contributed by atoms with E-state index >= 15 is 0 Å². The zero-order chi connectivity index (χ0) is 9.61. The van der Waals surface area contributed by atoms with Crippen LogP contribution < -0.4 is 0 Å². The lowest BCUT2D eigenvalue weighted by molar-refractivity contribution is 0.467. The molecule has 12 heavy (non-hydrogen) atoms. The van der Waals surface area contributed by atoms with E-state index in [2.05, 4.69) is 5.92 Å². The van der Waals surface area contributed by atoms with Crippen molar-refractivity contribution in [1.82, 2.24) is 4.31 Å². The summed E-state index contributed by atoms with van der Waals surface area (Å²) >= 11 is 0. The van der Waals surface area contributed by atoms with E-state index < -0.39 is 15.8 Å². The van der Waals surface area contributed by atoms with E-state index in [4.69, 9.17) is 11.7 Å². The SMILES string of the molecule is C#CCN(CC)S(=O)(=O)CC#N. The highest BCUT2D eigenvalue weighted by atomic mass is 32.2. The van der Waals surface area contributed by atoms with Gasteiger partial charge in [0.2, 0.25) is 10.0 Å². The van der Waals surface area contributed by atoms with Crippen LogP contribution in [0.25, 0.3) is 0 Å². The van der Waals surface area contributed by atoms with E-state index in [0.717, 1.165) is 4.31 Å². The van der Waals surface area contributed by atoms with Gasteiger partial charge in [-0.25, -0.2) is 8.42 Å². The molecule has 0 rings (SSSR count). The molecule has 0 aliphatic heterocycles. The van der Waals surface area contributed by atoms with Gasteiger partial charge >= 0.3 is 0 Å². The molecular formula is C7H10N2O2S. The van der Waals surface area contributed by atoms with E-state index in [0.29, 0.717) is 6.54 Å². The molecule has 0 saturated heterocycles. The molecule has 0 saturated carbocycles. The van der Waals surface area contributed by atoms with Gasteiger partial charge in [0.05, 0.1) is 12.6 Å². The van der Waals surface area contributed by atoms with Gasteiger partial charge in [0, 0.05) is 6.54 Å². The lowest BCUT2D eigenvalue weighted by Crippen LogP contribution is -2.32. The van der Waals surface area contributed by atoms with E-state index in [1.165, 1.54) is 0 Å². The van der Waals surface area contributed by atoms with Crippen LogP contribution in [-0.2, 0) is 10.0 Å². The third-order valence-corrected chi connectivity index (χ3v) is 2.93. The van der Waals surface area contributed by atoms with Gasteiger partial charge in [0.15, 0.2) is 5.75 Å². The summed E-state index contributed by atoms with van der Waals surface area (Å²) in [7, 11) is -3.45.